The van der Waals surface area contributed by atoms with Crippen LogP contribution in [0.25, 0.3) is 0 Å². The van der Waals surface area contributed by atoms with E-state index in [9.17, 15) is 0 Å². The van der Waals surface area contributed by atoms with Gasteiger partial charge >= 0.3 is 0 Å². The van der Waals surface area contributed by atoms with Crippen molar-refractivity contribution >= 4 is 5.69 Å². The van der Waals surface area contributed by atoms with Gasteiger partial charge in [-0.25, -0.2) is 0 Å². The number of benzene rings is 1. The van der Waals surface area contributed by atoms with Crippen LogP contribution in [0, 0.1) is 0 Å². The second kappa shape index (κ2) is 5.84. The fourth-order valence-electron chi connectivity index (χ4n) is 1.84. The highest BCUT2D eigenvalue weighted by Crippen LogP contribution is 2.20. The molecular weight excluding hydrogens is 240 g/mol. The summed E-state index contributed by atoms with van der Waals surface area (Å²) in [4.78, 5) is 6.37. The molecule has 5 nitrogen and oxygen atoms in total. The summed E-state index contributed by atoms with van der Waals surface area (Å²) in [5.74, 6) is 1.19. The predicted octanol–water partition coefficient (Wildman–Crippen LogP) is 2.14. The van der Waals surface area contributed by atoms with E-state index in [0.29, 0.717) is 11.7 Å². The van der Waals surface area contributed by atoms with E-state index in [1.165, 1.54) is 0 Å². The van der Waals surface area contributed by atoms with Crippen LogP contribution in [-0.4, -0.2) is 24.2 Å². The molecule has 0 aliphatic rings. The Morgan fingerprint density at radius 3 is 2.53 bits per heavy atom. The Morgan fingerprint density at radius 1 is 1.26 bits per heavy atom. The number of nitrogens with two attached hydrogens (primary N) is 1. The van der Waals surface area contributed by atoms with Gasteiger partial charge in [0.1, 0.15) is 0 Å². The van der Waals surface area contributed by atoms with Gasteiger partial charge in [0.25, 0.3) is 0 Å². The molecule has 2 N–H and O–H groups in total. The van der Waals surface area contributed by atoms with Crippen LogP contribution in [0.3, 0.4) is 0 Å². The lowest BCUT2D eigenvalue weighted by atomic mass is 10.1. The normalized spacial score (nSPS) is 12.4. The van der Waals surface area contributed by atoms with Crippen molar-refractivity contribution in [3.05, 3.63) is 41.5 Å². The Labute approximate surface area is 113 Å². The highest BCUT2D eigenvalue weighted by Gasteiger charge is 2.15. The lowest BCUT2D eigenvalue weighted by Gasteiger charge is -2.14. The number of hydrogen-bond acceptors (Lipinski definition) is 5. The molecular formula is C14H20N4O. The molecule has 1 heterocycles. The molecule has 0 bridgehead atoms. The van der Waals surface area contributed by atoms with Crippen molar-refractivity contribution in [1.29, 1.82) is 0 Å². The topological polar surface area (TPSA) is 68.2 Å². The largest absolute Gasteiger partial charge is 0.378 e. The Morgan fingerprint density at radius 2 is 1.95 bits per heavy atom. The van der Waals surface area contributed by atoms with Crippen LogP contribution in [0.15, 0.2) is 28.8 Å². The van der Waals surface area contributed by atoms with Gasteiger partial charge in [-0.05, 0) is 24.1 Å². The number of rotatable bonds is 5. The number of aromatic nitrogens is 2. The van der Waals surface area contributed by atoms with E-state index in [1.807, 2.05) is 43.3 Å². The SMILES string of the molecule is CCCc1nc(C(N)c2ccc(N(C)C)cc2)no1. The zero-order valence-electron chi connectivity index (χ0n) is 11.6. The fourth-order valence-corrected chi connectivity index (χ4v) is 1.84. The first kappa shape index (κ1) is 13.5. The van der Waals surface area contributed by atoms with Crippen LogP contribution in [0.4, 0.5) is 5.69 Å². The van der Waals surface area contributed by atoms with Gasteiger partial charge in [-0.15, -0.1) is 0 Å². The van der Waals surface area contributed by atoms with Gasteiger partial charge in [0.15, 0.2) is 5.82 Å². The van der Waals surface area contributed by atoms with E-state index in [2.05, 4.69) is 17.1 Å². The molecule has 5 heteroatoms. The minimum atomic E-state index is -0.342. The number of anilines is 1. The lowest BCUT2D eigenvalue weighted by molar-refractivity contribution is 0.370. The standard InChI is InChI=1S/C14H20N4O/c1-4-5-12-16-14(17-19-12)13(15)10-6-8-11(9-7-10)18(2)3/h6-9,13H,4-5,15H2,1-3H3. The molecule has 1 atom stereocenters. The summed E-state index contributed by atoms with van der Waals surface area (Å²) < 4.78 is 5.16. The summed E-state index contributed by atoms with van der Waals surface area (Å²) in [6.07, 6.45) is 1.77. The van der Waals surface area contributed by atoms with E-state index in [1.54, 1.807) is 0 Å². The van der Waals surface area contributed by atoms with Crippen LogP contribution in [0.5, 0.6) is 0 Å². The molecule has 0 fully saturated rings. The minimum absolute atomic E-state index is 0.342. The van der Waals surface area contributed by atoms with Crippen molar-refractivity contribution in [3.8, 4) is 0 Å². The van der Waals surface area contributed by atoms with E-state index >= 15 is 0 Å². The van der Waals surface area contributed by atoms with Crippen LogP contribution >= 0.6 is 0 Å². The molecule has 0 amide bonds. The average Bonchev–Trinajstić information content (AvgIpc) is 2.87. The molecule has 2 rings (SSSR count). The zero-order valence-corrected chi connectivity index (χ0v) is 11.6. The number of nitrogens with zero attached hydrogens (tertiary/aromatic N) is 3. The van der Waals surface area contributed by atoms with Crippen LogP contribution in [0.1, 0.15) is 36.7 Å². The second-order valence-electron chi connectivity index (χ2n) is 4.76. The van der Waals surface area contributed by atoms with Crippen LogP contribution < -0.4 is 10.6 Å². The number of hydrogen-bond donors (Lipinski definition) is 1. The summed E-state index contributed by atoms with van der Waals surface area (Å²) in [6, 6.07) is 7.71. The minimum Gasteiger partial charge on any atom is -0.378 e. The van der Waals surface area contributed by atoms with Gasteiger partial charge in [-0.1, -0.05) is 24.2 Å². The molecule has 0 aliphatic carbocycles. The summed E-state index contributed by atoms with van der Waals surface area (Å²) in [5, 5.41) is 3.95. The van der Waals surface area contributed by atoms with Gasteiger partial charge in [0.2, 0.25) is 5.89 Å². The van der Waals surface area contributed by atoms with E-state index in [0.717, 1.165) is 24.1 Å². The lowest BCUT2D eigenvalue weighted by Crippen LogP contribution is -2.14. The third-order valence-corrected chi connectivity index (χ3v) is 2.99. The molecule has 2 aromatic rings. The molecule has 102 valence electrons. The maximum Gasteiger partial charge on any atom is 0.226 e. The first-order chi connectivity index (χ1) is 9.11. The van der Waals surface area contributed by atoms with Crippen molar-refractivity contribution in [2.75, 3.05) is 19.0 Å². The summed E-state index contributed by atoms with van der Waals surface area (Å²) in [6.45, 7) is 2.07. The monoisotopic (exact) mass is 260 g/mol. The molecule has 1 aromatic carbocycles. The van der Waals surface area contributed by atoms with E-state index < -0.39 is 0 Å². The van der Waals surface area contributed by atoms with Crippen molar-refractivity contribution in [1.82, 2.24) is 10.1 Å². The Hall–Kier alpha value is -1.88. The van der Waals surface area contributed by atoms with Gasteiger partial charge < -0.3 is 15.2 Å². The molecule has 1 aromatic heterocycles. The first-order valence-electron chi connectivity index (χ1n) is 6.47. The van der Waals surface area contributed by atoms with Gasteiger partial charge in [-0.2, -0.15) is 4.98 Å². The quantitative estimate of drug-likeness (QED) is 0.892. The van der Waals surface area contributed by atoms with Gasteiger partial charge in [0.05, 0.1) is 6.04 Å². The smallest absolute Gasteiger partial charge is 0.226 e. The molecule has 19 heavy (non-hydrogen) atoms. The molecule has 0 saturated carbocycles. The summed E-state index contributed by atoms with van der Waals surface area (Å²) >= 11 is 0. The summed E-state index contributed by atoms with van der Waals surface area (Å²) in [5.41, 5.74) is 8.27. The van der Waals surface area contributed by atoms with Crippen molar-refractivity contribution in [2.45, 2.75) is 25.8 Å². The Bertz CT molecular complexity index is 518. The molecule has 0 aliphatic heterocycles. The fraction of sp³-hybridized carbons (Fsp3) is 0.429. The second-order valence-corrected chi connectivity index (χ2v) is 4.76. The molecule has 0 radical (unpaired) electrons. The zero-order chi connectivity index (χ0) is 13.8. The maximum absolute atomic E-state index is 6.15. The third-order valence-electron chi connectivity index (χ3n) is 2.99. The van der Waals surface area contributed by atoms with Crippen molar-refractivity contribution < 1.29 is 4.52 Å². The third kappa shape index (κ3) is 3.12. The Balaban J connectivity index is 2.15. The molecule has 1 unspecified atom stereocenters. The first-order valence-corrected chi connectivity index (χ1v) is 6.47. The van der Waals surface area contributed by atoms with Gasteiger partial charge in [-0.3, -0.25) is 0 Å². The van der Waals surface area contributed by atoms with E-state index in [-0.39, 0.29) is 6.04 Å². The average molecular weight is 260 g/mol. The highest BCUT2D eigenvalue weighted by molar-refractivity contribution is 5.47. The number of aryl methyl sites for hydroxylation is 1. The van der Waals surface area contributed by atoms with Gasteiger partial charge in [0, 0.05) is 26.2 Å². The van der Waals surface area contributed by atoms with Crippen LogP contribution in [-0.2, 0) is 6.42 Å². The van der Waals surface area contributed by atoms with E-state index in [4.69, 9.17) is 10.3 Å². The van der Waals surface area contributed by atoms with Crippen molar-refractivity contribution in [3.63, 3.8) is 0 Å². The predicted molar refractivity (Wildman–Crippen MR) is 75.1 cm³/mol. The molecule has 0 saturated heterocycles. The van der Waals surface area contributed by atoms with Crippen LogP contribution in [0.2, 0.25) is 0 Å². The Kier molecular flexibility index (Phi) is 4.16. The summed E-state index contributed by atoms with van der Waals surface area (Å²) in [7, 11) is 4.01. The maximum atomic E-state index is 6.15. The highest BCUT2D eigenvalue weighted by atomic mass is 16.5. The molecule has 0 spiro atoms. The van der Waals surface area contributed by atoms with Crippen molar-refractivity contribution in [2.24, 2.45) is 5.73 Å².